The summed E-state index contributed by atoms with van der Waals surface area (Å²) < 4.78 is 12.4. The zero-order valence-electron chi connectivity index (χ0n) is 16.6. The summed E-state index contributed by atoms with van der Waals surface area (Å²) in [6.07, 6.45) is 3.29. The van der Waals surface area contributed by atoms with Crippen LogP contribution in [0.5, 0.6) is 11.5 Å². The molecule has 0 aliphatic heterocycles. The van der Waals surface area contributed by atoms with Crippen LogP contribution in [-0.2, 0) is 0 Å². The van der Waals surface area contributed by atoms with E-state index in [2.05, 4.69) is 21.9 Å². The van der Waals surface area contributed by atoms with E-state index in [1.54, 1.807) is 32.6 Å². The number of anilines is 2. The Morgan fingerprint density at radius 2 is 1.73 bits per heavy atom. The van der Waals surface area contributed by atoms with Gasteiger partial charge in [-0.2, -0.15) is 4.98 Å². The summed E-state index contributed by atoms with van der Waals surface area (Å²) in [5.74, 6) is 1.55. The number of fused-ring (bicyclic) bond motifs is 1. The smallest absolute Gasteiger partial charge is 0.257 e. The highest BCUT2D eigenvalue weighted by atomic mass is 16.5. The molecule has 7 nitrogen and oxygen atoms in total. The number of ether oxygens (including phenoxy) is 2. The van der Waals surface area contributed by atoms with E-state index < -0.39 is 0 Å². The van der Waals surface area contributed by atoms with Crippen LogP contribution < -0.4 is 20.3 Å². The Labute approximate surface area is 173 Å². The van der Waals surface area contributed by atoms with Crippen molar-refractivity contribution in [2.75, 3.05) is 19.5 Å². The number of benzene rings is 2. The molecule has 0 radical (unpaired) electrons. The Bertz CT molecular complexity index is 1300. The molecule has 4 aromatic rings. The SMILES string of the molecule is C=Cc1cc(=O)n(-c2ccccc2OC)c2nc(Nc3ccccc3OC)ncc12. The quantitative estimate of drug-likeness (QED) is 0.523. The third-order valence-corrected chi connectivity index (χ3v) is 4.69. The lowest BCUT2D eigenvalue weighted by Gasteiger charge is -2.15. The van der Waals surface area contributed by atoms with Crippen LogP contribution in [0.2, 0.25) is 0 Å². The summed E-state index contributed by atoms with van der Waals surface area (Å²) in [5.41, 5.74) is 2.15. The normalized spacial score (nSPS) is 10.6. The van der Waals surface area contributed by atoms with Gasteiger partial charge in [-0.3, -0.25) is 9.36 Å². The second-order valence-electron chi connectivity index (χ2n) is 6.41. The maximum Gasteiger partial charge on any atom is 0.257 e. The molecule has 2 aromatic heterocycles. The molecule has 0 saturated heterocycles. The van der Waals surface area contributed by atoms with Crippen LogP contribution >= 0.6 is 0 Å². The molecule has 0 aliphatic rings. The van der Waals surface area contributed by atoms with Gasteiger partial charge in [0.15, 0.2) is 5.65 Å². The van der Waals surface area contributed by atoms with Crippen molar-refractivity contribution in [2.24, 2.45) is 0 Å². The highest BCUT2D eigenvalue weighted by Gasteiger charge is 2.15. The molecule has 0 bridgehead atoms. The maximum absolute atomic E-state index is 13.0. The first kappa shape index (κ1) is 19.2. The third kappa shape index (κ3) is 3.37. The molecule has 2 aromatic carbocycles. The number of para-hydroxylation sites is 4. The molecule has 150 valence electrons. The van der Waals surface area contributed by atoms with Crippen molar-refractivity contribution in [3.63, 3.8) is 0 Å². The minimum absolute atomic E-state index is 0.246. The predicted molar refractivity (Wildman–Crippen MR) is 118 cm³/mol. The summed E-state index contributed by atoms with van der Waals surface area (Å²) in [6.45, 7) is 3.81. The fourth-order valence-electron chi connectivity index (χ4n) is 3.27. The number of methoxy groups -OCH3 is 2. The molecule has 1 N–H and O–H groups in total. The molecule has 2 heterocycles. The van der Waals surface area contributed by atoms with Crippen molar-refractivity contribution in [1.29, 1.82) is 0 Å². The summed E-state index contributed by atoms with van der Waals surface area (Å²) >= 11 is 0. The molecule has 0 atom stereocenters. The Hall–Kier alpha value is -4.13. The highest BCUT2D eigenvalue weighted by Crippen LogP contribution is 2.28. The zero-order valence-corrected chi connectivity index (χ0v) is 16.6. The lowest BCUT2D eigenvalue weighted by molar-refractivity contribution is 0.413. The van der Waals surface area contributed by atoms with E-state index in [1.807, 2.05) is 42.5 Å². The monoisotopic (exact) mass is 400 g/mol. The van der Waals surface area contributed by atoms with E-state index in [-0.39, 0.29) is 5.56 Å². The minimum Gasteiger partial charge on any atom is -0.495 e. The van der Waals surface area contributed by atoms with Crippen molar-refractivity contribution < 1.29 is 9.47 Å². The summed E-state index contributed by atoms with van der Waals surface area (Å²) in [7, 11) is 3.16. The molecule has 0 unspecified atom stereocenters. The van der Waals surface area contributed by atoms with E-state index in [9.17, 15) is 4.79 Å². The van der Waals surface area contributed by atoms with Gasteiger partial charge in [-0.15, -0.1) is 0 Å². The second kappa shape index (κ2) is 8.08. The van der Waals surface area contributed by atoms with Crippen LogP contribution in [0, 0.1) is 0 Å². The van der Waals surface area contributed by atoms with Crippen molar-refractivity contribution in [3.8, 4) is 17.2 Å². The second-order valence-corrected chi connectivity index (χ2v) is 6.41. The van der Waals surface area contributed by atoms with Crippen LogP contribution in [0.4, 0.5) is 11.6 Å². The van der Waals surface area contributed by atoms with Crippen molar-refractivity contribution in [2.45, 2.75) is 0 Å². The molecule has 0 fully saturated rings. The number of aromatic nitrogens is 3. The Morgan fingerprint density at radius 1 is 1.03 bits per heavy atom. The van der Waals surface area contributed by atoms with Gasteiger partial charge < -0.3 is 14.8 Å². The van der Waals surface area contributed by atoms with Gasteiger partial charge in [0.1, 0.15) is 11.5 Å². The summed E-state index contributed by atoms with van der Waals surface area (Å²) in [4.78, 5) is 22.1. The Morgan fingerprint density at radius 3 is 2.47 bits per heavy atom. The third-order valence-electron chi connectivity index (χ3n) is 4.69. The number of hydrogen-bond donors (Lipinski definition) is 1. The molecule has 30 heavy (non-hydrogen) atoms. The largest absolute Gasteiger partial charge is 0.495 e. The average molecular weight is 400 g/mol. The number of pyridine rings is 1. The standard InChI is InChI=1S/C23H20N4O3/c1-4-15-13-21(28)27(18-10-6-8-12-20(18)30-3)22-16(15)14-24-23(26-22)25-17-9-5-7-11-19(17)29-2/h4-14H,1H2,2-3H3,(H,24,25,26). The van der Waals surface area contributed by atoms with Gasteiger partial charge in [0.2, 0.25) is 5.95 Å². The van der Waals surface area contributed by atoms with Gasteiger partial charge in [-0.05, 0) is 29.8 Å². The lowest BCUT2D eigenvalue weighted by atomic mass is 10.1. The fraction of sp³-hybridized carbons (Fsp3) is 0.0870. The first-order valence-electron chi connectivity index (χ1n) is 9.25. The fourth-order valence-corrected chi connectivity index (χ4v) is 3.27. The van der Waals surface area contributed by atoms with Gasteiger partial charge >= 0.3 is 0 Å². The lowest BCUT2D eigenvalue weighted by Crippen LogP contribution is -2.20. The van der Waals surface area contributed by atoms with Crippen LogP contribution in [0.1, 0.15) is 5.56 Å². The molecule has 0 amide bonds. The van der Waals surface area contributed by atoms with E-state index in [0.29, 0.717) is 45.4 Å². The van der Waals surface area contributed by atoms with Crippen molar-refractivity contribution in [3.05, 3.63) is 83.3 Å². The van der Waals surface area contributed by atoms with Crippen LogP contribution in [0.3, 0.4) is 0 Å². The first-order chi connectivity index (χ1) is 14.7. The van der Waals surface area contributed by atoms with E-state index in [0.717, 1.165) is 0 Å². The van der Waals surface area contributed by atoms with Gasteiger partial charge in [-0.25, -0.2) is 4.98 Å². The van der Waals surface area contributed by atoms with E-state index in [4.69, 9.17) is 9.47 Å². The molecular formula is C23H20N4O3. The number of nitrogens with zero attached hydrogens (tertiary/aromatic N) is 3. The molecule has 7 heteroatoms. The molecule has 4 rings (SSSR count). The van der Waals surface area contributed by atoms with E-state index in [1.165, 1.54) is 10.6 Å². The number of hydrogen-bond acceptors (Lipinski definition) is 6. The van der Waals surface area contributed by atoms with Crippen molar-refractivity contribution >= 4 is 28.7 Å². The number of nitrogens with one attached hydrogen (secondary N) is 1. The molecular weight excluding hydrogens is 380 g/mol. The van der Waals surface area contributed by atoms with Crippen LogP contribution in [0.15, 0.2) is 72.2 Å². The van der Waals surface area contributed by atoms with Gasteiger partial charge in [-0.1, -0.05) is 36.9 Å². The Kier molecular flexibility index (Phi) is 5.17. The minimum atomic E-state index is -0.246. The number of rotatable bonds is 6. The molecule has 0 aliphatic carbocycles. The van der Waals surface area contributed by atoms with Crippen LogP contribution in [0.25, 0.3) is 22.8 Å². The summed E-state index contributed by atoms with van der Waals surface area (Å²) in [6, 6.07) is 16.3. The Balaban J connectivity index is 1.96. The average Bonchev–Trinajstić information content (AvgIpc) is 2.79. The molecule has 0 saturated carbocycles. The van der Waals surface area contributed by atoms with Gasteiger partial charge in [0.05, 0.1) is 25.6 Å². The van der Waals surface area contributed by atoms with E-state index >= 15 is 0 Å². The molecule has 0 spiro atoms. The predicted octanol–water partition coefficient (Wildman–Crippen LogP) is 4.18. The first-order valence-corrected chi connectivity index (χ1v) is 9.25. The highest BCUT2D eigenvalue weighted by molar-refractivity contribution is 5.87. The maximum atomic E-state index is 13.0. The topological polar surface area (TPSA) is 78.3 Å². The van der Waals surface area contributed by atoms with Gasteiger partial charge in [0, 0.05) is 17.6 Å². The van der Waals surface area contributed by atoms with Crippen LogP contribution in [-0.4, -0.2) is 28.8 Å². The zero-order chi connectivity index (χ0) is 21.1. The summed E-state index contributed by atoms with van der Waals surface area (Å²) in [5, 5.41) is 3.86. The van der Waals surface area contributed by atoms with Gasteiger partial charge in [0.25, 0.3) is 5.56 Å². The van der Waals surface area contributed by atoms with Crippen molar-refractivity contribution in [1.82, 2.24) is 14.5 Å².